The molecule has 0 saturated carbocycles. The fourth-order valence-electron chi connectivity index (χ4n) is 2.63. The zero-order chi connectivity index (χ0) is 18.7. The van der Waals surface area contributed by atoms with Crippen LogP contribution in [0.2, 0.25) is 0 Å². The van der Waals surface area contributed by atoms with Crippen molar-refractivity contribution in [2.45, 2.75) is 6.10 Å². The summed E-state index contributed by atoms with van der Waals surface area (Å²) < 4.78 is 0. The fraction of sp³-hybridized carbons (Fsp3) is 0.105. The molecule has 1 atom stereocenters. The Labute approximate surface area is 148 Å². The molecule has 0 spiro atoms. The Morgan fingerprint density at radius 2 is 1.69 bits per heavy atom. The van der Waals surface area contributed by atoms with Gasteiger partial charge in [-0.15, -0.1) is 0 Å². The maximum atomic E-state index is 12.3. The van der Waals surface area contributed by atoms with E-state index >= 15 is 0 Å². The summed E-state index contributed by atoms with van der Waals surface area (Å²) in [5.41, 5.74) is 0.476. The van der Waals surface area contributed by atoms with Crippen molar-refractivity contribution in [2.75, 3.05) is 6.54 Å². The highest BCUT2D eigenvalue weighted by Gasteiger charge is 2.15. The number of amides is 1. The van der Waals surface area contributed by atoms with Gasteiger partial charge in [0.15, 0.2) is 0 Å². The first-order valence-electron chi connectivity index (χ1n) is 7.88. The van der Waals surface area contributed by atoms with Gasteiger partial charge in [-0.3, -0.25) is 14.9 Å². The van der Waals surface area contributed by atoms with Crippen LogP contribution in [0.5, 0.6) is 5.75 Å². The highest BCUT2D eigenvalue weighted by atomic mass is 16.6. The number of nitro benzene ring substituents is 1. The van der Waals surface area contributed by atoms with Crippen LogP contribution in [0.25, 0.3) is 10.8 Å². The number of nitrogens with one attached hydrogen (secondary N) is 1. The van der Waals surface area contributed by atoms with Crippen molar-refractivity contribution in [2.24, 2.45) is 0 Å². The van der Waals surface area contributed by atoms with Gasteiger partial charge in [0.2, 0.25) is 0 Å². The molecule has 0 aliphatic heterocycles. The van der Waals surface area contributed by atoms with Crippen molar-refractivity contribution >= 4 is 22.4 Å². The lowest BCUT2D eigenvalue weighted by atomic mass is 10.0. The minimum Gasteiger partial charge on any atom is -0.507 e. The molecule has 26 heavy (non-hydrogen) atoms. The number of hydrogen-bond donors (Lipinski definition) is 3. The predicted molar refractivity (Wildman–Crippen MR) is 96.0 cm³/mol. The van der Waals surface area contributed by atoms with Gasteiger partial charge in [-0.2, -0.15) is 0 Å². The number of benzene rings is 3. The van der Waals surface area contributed by atoms with E-state index in [0.717, 1.165) is 10.8 Å². The van der Waals surface area contributed by atoms with Crippen LogP contribution in [-0.2, 0) is 0 Å². The molecule has 3 aromatic rings. The van der Waals surface area contributed by atoms with Gasteiger partial charge in [-0.1, -0.05) is 24.3 Å². The average Bonchev–Trinajstić information content (AvgIpc) is 2.65. The Morgan fingerprint density at radius 1 is 1.08 bits per heavy atom. The molecule has 1 unspecified atom stereocenters. The number of phenols is 1. The lowest BCUT2D eigenvalue weighted by Gasteiger charge is -2.13. The number of aliphatic hydroxyl groups is 1. The molecule has 0 heterocycles. The SMILES string of the molecule is O=C(NCC(O)c1ccc([N+](=O)[O-])cc1)c1cc2ccccc2cc1O. The first kappa shape index (κ1) is 17.4. The van der Waals surface area contributed by atoms with E-state index in [1.165, 1.54) is 30.3 Å². The molecule has 3 aromatic carbocycles. The van der Waals surface area contributed by atoms with Gasteiger partial charge >= 0.3 is 0 Å². The lowest BCUT2D eigenvalue weighted by Crippen LogP contribution is -2.28. The minimum absolute atomic E-state index is 0.0777. The zero-order valence-electron chi connectivity index (χ0n) is 13.6. The Bertz CT molecular complexity index is 969. The smallest absolute Gasteiger partial charge is 0.269 e. The Morgan fingerprint density at radius 3 is 2.31 bits per heavy atom. The highest BCUT2D eigenvalue weighted by molar-refractivity contribution is 6.01. The molecule has 0 aliphatic carbocycles. The lowest BCUT2D eigenvalue weighted by molar-refractivity contribution is -0.384. The fourth-order valence-corrected chi connectivity index (χ4v) is 2.63. The average molecular weight is 352 g/mol. The van der Waals surface area contributed by atoms with E-state index in [4.69, 9.17) is 0 Å². The predicted octanol–water partition coefficient (Wildman–Crippen LogP) is 2.92. The number of aromatic hydroxyl groups is 1. The van der Waals surface area contributed by atoms with Crippen molar-refractivity contribution in [3.05, 3.63) is 81.9 Å². The second-order valence-electron chi connectivity index (χ2n) is 5.79. The number of rotatable bonds is 5. The Kier molecular flexibility index (Phi) is 4.81. The van der Waals surface area contributed by atoms with Crippen molar-refractivity contribution in [1.29, 1.82) is 0 Å². The standard InChI is InChI=1S/C19H16N2O5/c22-17-10-14-4-2-1-3-13(14)9-16(17)19(24)20-11-18(23)12-5-7-15(8-6-12)21(25)26/h1-10,18,22-23H,11H2,(H,20,24). The van der Waals surface area contributed by atoms with Gasteiger partial charge in [0.1, 0.15) is 5.75 Å². The van der Waals surface area contributed by atoms with E-state index < -0.39 is 16.9 Å². The molecule has 3 N–H and O–H groups in total. The number of nitrogens with zero attached hydrogens (tertiary/aromatic N) is 1. The summed E-state index contributed by atoms with van der Waals surface area (Å²) in [6, 6.07) is 15.9. The van der Waals surface area contributed by atoms with Crippen molar-refractivity contribution in [1.82, 2.24) is 5.32 Å². The zero-order valence-corrected chi connectivity index (χ0v) is 13.6. The molecular weight excluding hydrogens is 336 g/mol. The van der Waals surface area contributed by atoms with Crippen LogP contribution in [-0.4, -0.2) is 27.6 Å². The second-order valence-corrected chi connectivity index (χ2v) is 5.79. The molecule has 7 nitrogen and oxygen atoms in total. The summed E-state index contributed by atoms with van der Waals surface area (Å²) >= 11 is 0. The molecule has 0 aliphatic rings. The van der Waals surface area contributed by atoms with Gasteiger partial charge < -0.3 is 15.5 Å². The number of phenolic OH excluding ortho intramolecular Hbond substituents is 1. The molecular formula is C19H16N2O5. The molecule has 0 radical (unpaired) electrons. The van der Waals surface area contributed by atoms with Crippen molar-refractivity contribution in [3.63, 3.8) is 0 Å². The maximum Gasteiger partial charge on any atom is 0.269 e. The van der Waals surface area contributed by atoms with E-state index in [1.54, 1.807) is 6.07 Å². The molecule has 0 fully saturated rings. The van der Waals surface area contributed by atoms with Crippen LogP contribution in [0.1, 0.15) is 22.0 Å². The van der Waals surface area contributed by atoms with Gasteiger partial charge in [0.25, 0.3) is 11.6 Å². The Hall–Kier alpha value is -3.45. The second kappa shape index (κ2) is 7.20. The van der Waals surface area contributed by atoms with Gasteiger partial charge in [-0.05, 0) is 40.6 Å². The van der Waals surface area contributed by atoms with Crippen molar-refractivity contribution in [3.8, 4) is 5.75 Å². The highest BCUT2D eigenvalue weighted by Crippen LogP contribution is 2.25. The summed E-state index contributed by atoms with van der Waals surface area (Å²) in [5, 5.41) is 35.0. The van der Waals surface area contributed by atoms with E-state index in [2.05, 4.69) is 5.32 Å². The topological polar surface area (TPSA) is 113 Å². The minimum atomic E-state index is -1.03. The van der Waals surface area contributed by atoms with E-state index in [1.807, 2.05) is 24.3 Å². The number of carbonyl (C=O) groups excluding carboxylic acids is 1. The van der Waals surface area contributed by atoms with Crippen LogP contribution in [0, 0.1) is 10.1 Å². The summed E-state index contributed by atoms with van der Waals surface area (Å²) in [6.45, 7) is -0.0943. The Balaban J connectivity index is 1.70. The number of carbonyl (C=O) groups is 1. The van der Waals surface area contributed by atoms with Gasteiger partial charge in [0, 0.05) is 18.7 Å². The van der Waals surface area contributed by atoms with Crippen LogP contribution < -0.4 is 5.32 Å². The normalized spacial score (nSPS) is 11.9. The maximum absolute atomic E-state index is 12.3. The molecule has 0 saturated heterocycles. The van der Waals surface area contributed by atoms with E-state index in [0.29, 0.717) is 5.56 Å². The van der Waals surface area contributed by atoms with Crippen LogP contribution in [0.4, 0.5) is 5.69 Å². The summed E-state index contributed by atoms with van der Waals surface area (Å²) in [5.74, 6) is -0.666. The largest absolute Gasteiger partial charge is 0.507 e. The van der Waals surface area contributed by atoms with E-state index in [-0.39, 0.29) is 23.5 Å². The summed E-state index contributed by atoms with van der Waals surface area (Å²) in [7, 11) is 0. The van der Waals surface area contributed by atoms with Crippen molar-refractivity contribution < 1.29 is 19.9 Å². The monoisotopic (exact) mass is 352 g/mol. The van der Waals surface area contributed by atoms with Crippen LogP contribution in [0.15, 0.2) is 60.7 Å². The third-order valence-corrected chi connectivity index (χ3v) is 4.05. The number of aliphatic hydroxyl groups excluding tert-OH is 1. The number of non-ortho nitro benzene ring substituents is 1. The quantitative estimate of drug-likeness (QED) is 0.483. The first-order chi connectivity index (χ1) is 12.5. The number of nitro groups is 1. The third-order valence-electron chi connectivity index (χ3n) is 4.05. The molecule has 0 bridgehead atoms. The van der Waals surface area contributed by atoms with Gasteiger partial charge in [0.05, 0.1) is 16.6 Å². The molecule has 0 aromatic heterocycles. The third kappa shape index (κ3) is 3.62. The van der Waals surface area contributed by atoms with Crippen LogP contribution >= 0.6 is 0 Å². The molecule has 3 rings (SSSR count). The number of hydrogen-bond acceptors (Lipinski definition) is 5. The van der Waals surface area contributed by atoms with Crippen LogP contribution in [0.3, 0.4) is 0 Å². The summed E-state index contributed by atoms with van der Waals surface area (Å²) in [6.07, 6.45) is -1.03. The van der Waals surface area contributed by atoms with E-state index in [9.17, 15) is 25.1 Å². The molecule has 1 amide bonds. The molecule has 132 valence electrons. The first-order valence-corrected chi connectivity index (χ1v) is 7.88. The summed E-state index contributed by atoms with van der Waals surface area (Å²) in [4.78, 5) is 22.4. The molecule has 7 heteroatoms. The number of fused-ring (bicyclic) bond motifs is 1. The van der Waals surface area contributed by atoms with Gasteiger partial charge in [-0.25, -0.2) is 0 Å².